The molecule has 1 heterocycles. The zero-order chi connectivity index (χ0) is 24.6. The van der Waals surface area contributed by atoms with Gasteiger partial charge in [-0.3, -0.25) is 4.79 Å². The molecule has 2 N–H and O–H groups in total. The Hall–Kier alpha value is -0.750. The first kappa shape index (κ1) is 31.4. The van der Waals surface area contributed by atoms with E-state index >= 15 is 0 Å². The number of ether oxygens (including phenoxy) is 1. The van der Waals surface area contributed by atoms with Crippen molar-refractivity contribution in [3.8, 4) is 0 Å². The molecule has 30 heavy (non-hydrogen) atoms. The Bertz CT molecular complexity index is 494. The number of nitrogens with one attached hydrogen (secondary N) is 1. The highest BCUT2D eigenvalue weighted by molar-refractivity contribution is 7.96. The minimum Gasteiger partial charge on any atom is -0.473 e. The van der Waals surface area contributed by atoms with Crippen molar-refractivity contribution in [2.75, 3.05) is 0 Å². The molecule has 0 unspecified atom stereocenters. The second-order valence-corrected chi connectivity index (χ2v) is 12.8. The van der Waals surface area contributed by atoms with Crippen molar-refractivity contribution in [1.82, 2.24) is 5.32 Å². The summed E-state index contributed by atoms with van der Waals surface area (Å²) in [4.78, 5) is 19.9. The van der Waals surface area contributed by atoms with Crippen LogP contribution in [-0.4, -0.2) is 33.6 Å². The molecular weight excluding hydrogens is 398 g/mol. The summed E-state index contributed by atoms with van der Waals surface area (Å²) in [5.74, 6) is 0.690. The van der Waals surface area contributed by atoms with Crippen molar-refractivity contribution in [2.45, 2.75) is 126 Å². The minimum atomic E-state index is -1.14. The molecule has 0 aromatic rings. The highest BCUT2D eigenvalue weighted by Crippen LogP contribution is 2.32. The molecular formula is C24H49NO4S. The Morgan fingerprint density at radius 3 is 1.50 bits per heavy atom. The van der Waals surface area contributed by atoms with Crippen LogP contribution in [0.2, 0.25) is 0 Å². The summed E-state index contributed by atoms with van der Waals surface area (Å²) in [6.45, 7) is 26.1. The molecule has 0 atom stereocenters. The summed E-state index contributed by atoms with van der Waals surface area (Å²) in [5, 5.41) is 9.80. The number of carbonyl (C=O) groups excluding carboxylic acids is 1. The van der Waals surface area contributed by atoms with Gasteiger partial charge in [0.25, 0.3) is 0 Å². The fourth-order valence-corrected chi connectivity index (χ4v) is 4.59. The third-order valence-electron chi connectivity index (χ3n) is 4.41. The van der Waals surface area contributed by atoms with E-state index in [1.807, 2.05) is 0 Å². The molecule has 0 radical (unpaired) electrons. The lowest BCUT2D eigenvalue weighted by Crippen LogP contribution is -2.57. The molecule has 1 aliphatic rings. The van der Waals surface area contributed by atoms with Crippen LogP contribution in [-0.2, 0) is 9.53 Å². The monoisotopic (exact) mass is 447 g/mol. The maximum atomic E-state index is 11.0. The van der Waals surface area contributed by atoms with Crippen molar-refractivity contribution in [3.63, 3.8) is 0 Å². The molecule has 1 fully saturated rings. The summed E-state index contributed by atoms with van der Waals surface area (Å²) in [6.07, 6.45) is 4.49. The zero-order valence-corrected chi connectivity index (χ0v) is 22.5. The second-order valence-electron chi connectivity index (χ2n) is 12.4. The number of carboxylic acid groups (broad SMARTS) is 1. The van der Waals surface area contributed by atoms with Crippen LogP contribution in [0.25, 0.3) is 0 Å². The summed E-state index contributed by atoms with van der Waals surface area (Å²) >= 11 is 2.88. The van der Waals surface area contributed by atoms with Crippen LogP contribution in [0, 0.1) is 16.7 Å². The van der Waals surface area contributed by atoms with E-state index in [1.54, 1.807) is 0 Å². The third-order valence-corrected chi connectivity index (χ3v) is 4.41. The van der Waals surface area contributed by atoms with E-state index in [2.05, 4.69) is 94.1 Å². The number of rotatable bonds is 3. The van der Waals surface area contributed by atoms with Crippen LogP contribution in [0.1, 0.15) is 109 Å². The summed E-state index contributed by atoms with van der Waals surface area (Å²) in [7, 11) is 0. The highest BCUT2D eigenvalue weighted by Gasteiger charge is 2.35. The van der Waals surface area contributed by atoms with Crippen LogP contribution < -0.4 is 5.32 Å². The maximum Gasteiger partial charge on any atom is 0.361 e. The van der Waals surface area contributed by atoms with Crippen LogP contribution in [0.5, 0.6) is 0 Å². The predicted octanol–water partition coefficient (Wildman–Crippen LogP) is 6.95. The average molecular weight is 448 g/mol. The molecule has 0 bridgehead atoms. The van der Waals surface area contributed by atoms with Gasteiger partial charge in [-0.1, -0.05) is 61.1 Å². The predicted molar refractivity (Wildman–Crippen MR) is 130 cm³/mol. The van der Waals surface area contributed by atoms with E-state index in [4.69, 9.17) is 14.6 Å². The van der Waals surface area contributed by atoms with Crippen molar-refractivity contribution in [1.29, 1.82) is 0 Å². The molecule has 1 rings (SSSR count). The Balaban J connectivity index is 0. The van der Waals surface area contributed by atoms with Crippen LogP contribution in [0.3, 0.4) is 0 Å². The Labute approximate surface area is 191 Å². The zero-order valence-electron chi connectivity index (χ0n) is 21.6. The Morgan fingerprint density at radius 1 is 1.00 bits per heavy atom. The highest BCUT2D eigenvalue weighted by atomic mass is 32.1. The van der Waals surface area contributed by atoms with Gasteiger partial charge in [0.05, 0.1) is 0 Å². The maximum absolute atomic E-state index is 11.0. The number of hydrogen-bond acceptors (Lipinski definition) is 4. The van der Waals surface area contributed by atoms with Gasteiger partial charge in [0, 0.05) is 18.0 Å². The molecule has 0 amide bonds. The molecule has 0 saturated carbocycles. The van der Waals surface area contributed by atoms with E-state index in [9.17, 15) is 4.79 Å². The second kappa shape index (κ2) is 12.3. The lowest BCUT2D eigenvalue weighted by atomic mass is 9.77. The Kier molecular flexibility index (Phi) is 12.9. The van der Waals surface area contributed by atoms with E-state index in [-0.39, 0.29) is 22.9 Å². The van der Waals surface area contributed by atoms with Gasteiger partial charge in [-0.25, -0.2) is 4.79 Å². The van der Waals surface area contributed by atoms with Crippen molar-refractivity contribution in [2.24, 2.45) is 16.7 Å². The molecule has 1 saturated heterocycles. The molecule has 5 nitrogen and oxygen atoms in total. The summed E-state index contributed by atoms with van der Waals surface area (Å²) in [6, 6.07) is 0. The average Bonchev–Trinajstić information content (AvgIpc) is 2.27. The fourth-order valence-electron chi connectivity index (χ4n) is 4.59. The summed E-state index contributed by atoms with van der Waals surface area (Å²) < 4.78 is 5.36. The van der Waals surface area contributed by atoms with Crippen molar-refractivity contribution >= 4 is 23.9 Å². The number of thiol groups is 1. The lowest BCUT2D eigenvalue weighted by molar-refractivity contribution is -0.149. The normalized spacial score (nSPS) is 18.5. The molecule has 0 aliphatic carbocycles. The lowest BCUT2D eigenvalue weighted by Gasteiger charge is -2.45. The summed E-state index contributed by atoms with van der Waals surface area (Å²) in [5.41, 5.74) is 1.07. The number of hydrogen-bond donors (Lipinski definition) is 3. The standard InChI is InChI=1S/C13H26O2.C10H21N.CH2O2S/c1-10(14)15-11(8-12(2,3)4)9-13(5,6)7;1-8-6-9(2,3)11-10(4,5)7-8;2-1(3)4/h11H,8-9H2,1-7H3;8,11H,6-7H2,1-5H3;4H,(H,2,3). The molecule has 1 aliphatic heterocycles. The minimum absolute atomic E-state index is 0.0440. The van der Waals surface area contributed by atoms with Gasteiger partial charge in [-0.05, 0) is 70.1 Å². The molecule has 0 spiro atoms. The van der Waals surface area contributed by atoms with E-state index in [0.717, 1.165) is 18.8 Å². The van der Waals surface area contributed by atoms with E-state index in [1.165, 1.54) is 19.8 Å². The molecule has 0 aromatic heterocycles. The smallest absolute Gasteiger partial charge is 0.361 e. The third kappa shape index (κ3) is 21.9. The largest absolute Gasteiger partial charge is 0.473 e. The fraction of sp³-hybridized carbons (Fsp3) is 0.917. The van der Waals surface area contributed by atoms with Gasteiger partial charge in [-0.15, -0.1) is 0 Å². The number of piperidine rings is 1. The number of carbonyl (C=O) groups is 2. The topological polar surface area (TPSA) is 75.6 Å². The quantitative estimate of drug-likeness (QED) is 0.322. The van der Waals surface area contributed by atoms with Gasteiger partial charge in [-0.2, -0.15) is 0 Å². The Morgan fingerprint density at radius 2 is 1.30 bits per heavy atom. The molecule has 0 aromatic carbocycles. The van der Waals surface area contributed by atoms with Crippen LogP contribution >= 0.6 is 12.6 Å². The first-order chi connectivity index (χ1) is 13.0. The van der Waals surface area contributed by atoms with Gasteiger partial charge >= 0.3 is 11.3 Å². The first-order valence-corrected chi connectivity index (χ1v) is 11.4. The van der Waals surface area contributed by atoms with Crippen LogP contribution in [0.4, 0.5) is 4.79 Å². The van der Waals surface area contributed by atoms with Crippen LogP contribution in [0.15, 0.2) is 0 Å². The number of esters is 1. The van der Waals surface area contributed by atoms with Gasteiger partial charge in [0.1, 0.15) is 6.10 Å². The molecule has 180 valence electrons. The van der Waals surface area contributed by atoms with Gasteiger partial charge in [0.15, 0.2) is 0 Å². The van der Waals surface area contributed by atoms with E-state index in [0.29, 0.717) is 11.1 Å². The first-order valence-electron chi connectivity index (χ1n) is 10.9. The van der Waals surface area contributed by atoms with Gasteiger partial charge < -0.3 is 15.2 Å². The van der Waals surface area contributed by atoms with Gasteiger partial charge in [0.2, 0.25) is 0 Å². The SMILES string of the molecule is CC(=O)OC(CC(C)(C)C)CC(C)(C)C.CC1CC(C)(C)NC(C)(C)C1.O=C(O)S. The van der Waals surface area contributed by atoms with Crippen molar-refractivity contribution in [3.05, 3.63) is 0 Å². The van der Waals surface area contributed by atoms with E-state index < -0.39 is 5.30 Å². The molecule has 6 heteroatoms. The van der Waals surface area contributed by atoms with Crippen molar-refractivity contribution < 1.29 is 19.4 Å².